The van der Waals surface area contributed by atoms with Crippen LogP contribution in [-0.4, -0.2) is 55.7 Å². The average molecular weight is 286 g/mol. The minimum absolute atomic E-state index is 0.100. The number of aliphatic carboxylic acids is 1. The zero-order valence-electron chi connectivity index (χ0n) is 11.0. The fraction of sp³-hybridized carbons (Fsp3) is 0.500. The third-order valence-electron chi connectivity index (χ3n) is 2.45. The van der Waals surface area contributed by atoms with Crippen molar-refractivity contribution in [2.24, 2.45) is 0 Å². The Balaban J connectivity index is 2.36. The van der Waals surface area contributed by atoms with E-state index < -0.39 is 12.6 Å². The van der Waals surface area contributed by atoms with Gasteiger partial charge in [0.15, 0.2) is 0 Å². The summed E-state index contributed by atoms with van der Waals surface area (Å²) < 4.78 is 4.72. The second-order valence-corrected chi connectivity index (χ2v) is 5.16. The molecule has 1 heterocycles. The topological polar surface area (TPSA) is 78.9 Å². The molecule has 0 bridgehead atoms. The molecule has 7 heteroatoms. The molecule has 1 aromatic heterocycles. The Hall–Kier alpha value is -1.44. The molecular formula is C12H18N2O4S. The molecule has 0 saturated heterocycles. The van der Waals surface area contributed by atoms with E-state index in [0.717, 1.165) is 4.88 Å². The Labute approximate surface area is 116 Å². The molecule has 1 atom stereocenters. The number of rotatable bonds is 8. The van der Waals surface area contributed by atoms with Crippen molar-refractivity contribution in [2.75, 3.05) is 33.9 Å². The molecule has 0 spiro atoms. The van der Waals surface area contributed by atoms with E-state index in [2.05, 4.69) is 5.32 Å². The highest BCUT2D eigenvalue weighted by Gasteiger charge is 2.16. The first-order valence-corrected chi connectivity index (χ1v) is 6.64. The van der Waals surface area contributed by atoms with Crippen LogP contribution < -0.4 is 5.32 Å². The van der Waals surface area contributed by atoms with Gasteiger partial charge in [-0.3, -0.25) is 4.79 Å². The number of carboxylic acid groups (broad SMARTS) is 1. The quantitative estimate of drug-likeness (QED) is 0.730. The van der Waals surface area contributed by atoms with Crippen LogP contribution in [0.5, 0.6) is 0 Å². The number of likely N-dealkylation sites (N-methyl/N-ethyl adjacent to an activating group) is 1. The Morgan fingerprint density at radius 1 is 1.47 bits per heavy atom. The number of ether oxygens (including phenoxy) is 1. The van der Waals surface area contributed by atoms with Crippen LogP contribution in [0.3, 0.4) is 0 Å². The molecule has 1 amide bonds. The van der Waals surface area contributed by atoms with Crippen molar-refractivity contribution in [3.63, 3.8) is 0 Å². The maximum atomic E-state index is 11.5. The molecule has 0 aromatic carbocycles. The summed E-state index contributed by atoms with van der Waals surface area (Å²) in [5.41, 5.74) is 0. The van der Waals surface area contributed by atoms with Crippen LogP contribution in [0, 0.1) is 0 Å². The zero-order chi connectivity index (χ0) is 14.3. The maximum Gasteiger partial charge on any atom is 0.329 e. The number of thiophene rings is 1. The maximum absolute atomic E-state index is 11.5. The first-order valence-electron chi connectivity index (χ1n) is 5.76. The first-order chi connectivity index (χ1) is 9.00. The molecule has 1 rings (SSSR count). The van der Waals surface area contributed by atoms with E-state index in [0.29, 0.717) is 6.54 Å². The molecule has 0 aliphatic heterocycles. The van der Waals surface area contributed by atoms with E-state index >= 15 is 0 Å². The van der Waals surface area contributed by atoms with Gasteiger partial charge in [0.2, 0.25) is 5.91 Å². The summed E-state index contributed by atoms with van der Waals surface area (Å²) >= 11 is 1.63. The molecule has 1 unspecified atom stereocenters. The summed E-state index contributed by atoms with van der Waals surface area (Å²) in [6.45, 7) is -0.241. The molecular weight excluding hydrogens is 268 g/mol. The van der Waals surface area contributed by atoms with Gasteiger partial charge in [-0.15, -0.1) is 11.3 Å². The molecule has 19 heavy (non-hydrogen) atoms. The highest BCUT2D eigenvalue weighted by atomic mass is 32.1. The van der Waals surface area contributed by atoms with Gasteiger partial charge >= 0.3 is 5.97 Å². The number of amides is 1. The number of nitrogens with one attached hydrogen (secondary N) is 1. The van der Waals surface area contributed by atoms with Crippen LogP contribution in [0.15, 0.2) is 17.5 Å². The third-order valence-corrected chi connectivity index (χ3v) is 3.42. The average Bonchev–Trinajstić information content (AvgIpc) is 2.82. The number of nitrogens with zero attached hydrogens (tertiary/aromatic N) is 1. The van der Waals surface area contributed by atoms with Crippen LogP contribution in [0.1, 0.15) is 10.9 Å². The van der Waals surface area contributed by atoms with Gasteiger partial charge < -0.3 is 20.1 Å². The molecule has 0 saturated carbocycles. The van der Waals surface area contributed by atoms with E-state index in [1.807, 2.05) is 36.5 Å². The normalized spacial score (nSPS) is 12.4. The lowest BCUT2D eigenvalue weighted by Crippen LogP contribution is -2.36. The number of carbonyl (C=O) groups is 2. The van der Waals surface area contributed by atoms with Gasteiger partial charge in [0.1, 0.15) is 13.2 Å². The lowest BCUT2D eigenvalue weighted by atomic mass is 10.2. The number of hydrogen-bond acceptors (Lipinski definition) is 5. The summed E-state index contributed by atoms with van der Waals surface area (Å²) in [5.74, 6) is -1.40. The minimum Gasteiger partial charge on any atom is -0.480 e. The Morgan fingerprint density at radius 3 is 2.74 bits per heavy atom. The van der Waals surface area contributed by atoms with Crippen molar-refractivity contribution in [2.45, 2.75) is 6.04 Å². The fourth-order valence-electron chi connectivity index (χ4n) is 1.51. The highest BCUT2D eigenvalue weighted by Crippen LogP contribution is 2.22. The predicted molar refractivity (Wildman–Crippen MR) is 72.2 cm³/mol. The molecule has 6 nitrogen and oxygen atoms in total. The van der Waals surface area contributed by atoms with Gasteiger partial charge in [-0.25, -0.2) is 4.79 Å². The van der Waals surface area contributed by atoms with Gasteiger partial charge in [0.05, 0.1) is 6.04 Å². The Bertz CT molecular complexity index is 406. The van der Waals surface area contributed by atoms with Crippen molar-refractivity contribution >= 4 is 23.2 Å². The van der Waals surface area contributed by atoms with Crippen LogP contribution in [0.25, 0.3) is 0 Å². The number of carboxylic acids is 1. The lowest BCUT2D eigenvalue weighted by Gasteiger charge is -2.23. The van der Waals surface area contributed by atoms with Crippen molar-refractivity contribution < 1.29 is 19.4 Å². The van der Waals surface area contributed by atoms with E-state index in [4.69, 9.17) is 9.84 Å². The van der Waals surface area contributed by atoms with Gasteiger partial charge in [-0.05, 0) is 25.5 Å². The smallest absolute Gasteiger partial charge is 0.329 e. The van der Waals surface area contributed by atoms with Crippen LogP contribution in [0.2, 0.25) is 0 Å². The Morgan fingerprint density at radius 2 is 2.21 bits per heavy atom. The van der Waals surface area contributed by atoms with E-state index in [1.54, 1.807) is 11.3 Å². The van der Waals surface area contributed by atoms with E-state index in [1.165, 1.54) is 0 Å². The standard InChI is InChI=1S/C12H18N2O4S/c1-14(2)9(10-4-3-5-19-10)6-13-11(15)7-18-8-12(16)17/h3-5,9H,6-8H2,1-2H3,(H,13,15)(H,16,17). The van der Waals surface area contributed by atoms with E-state index in [-0.39, 0.29) is 18.6 Å². The molecule has 0 aliphatic rings. The minimum atomic E-state index is -1.09. The van der Waals surface area contributed by atoms with Gasteiger partial charge in [0.25, 0.3) is 0 Å². The van der Waals surface area contributed by atoms with Gasteiger partial charge in [-0.2, -0.15) is 0 Å². The molecule has 106 valence electrons. The molecule has 2 N–H and O–H groups in total. The third kappa shape index (κ3) is 5.82. The Kier molecular flexibility index (Phi) is 6.48. The first kappa shape index (κ1) is 15.6. The highest BCUT2D eigenvalue weighted by molar-refractivity contribution is 7.10. The summed E-state index contributed by atoms with van der Waals surface area (Å²) in [7, 11) is 3.88. The summed E-state index contributed by atoms with van der Waals surface area (Å²) in [5, 5.41) is 13.1. The largest absolute Gasteiger partial charge is 0.480 e. The lowest BCUT2D eigenvalue weighted by molar-refractivity contribution is -0.143. The van der Waals surface area contributed by atoms with Crippen molar-refractivity contribution in [3.8, 4) is 0 Å². The molecule has 0 aliphatic carbocycles. The predicted octanol–water partition coefficient (Wildman–Crippen LogP) is 0.568. The molecule has 0 fully saturated rings. The van der Waals surface area contributed by atoms with Crippen molar-refractivity contribution in [1.82, 2.24) is 10.2 Å². The van der Waals surface area contributed by atoms with Gasteiger partial charge in [-0.1, -0.05) is 6.07 Å². The number of carbonyl (C=O) groups excluding carboxylic acids is 1. The molecule has 0 radical (unpaired) electrons. The van der Waals surface area contributed by atoms with E-state index in [9.17, 15) is 9.59 Å². The second-order valence-electron chi connectivity index (χ2n) is 4.19. The summed E-state index contributed by atoms with van der Waals surface area (Å²) in [6.07, 6.45) is 0. The SMILES string of the molecule is CN(C)C(CNC(=O)COCC(=O)O)c1cccs1. The van der Waals surface area contributed by atoms with Crippen molar-refractivity contribution in [3.05, 3.63) is 22.4 Å². The van der Waals surface area contributed by atoms with Crippen LogP contribution in [-0.2, 0) is 14.3 Å². The summed E-state index contributed by atoms with van der Waals surface area (Å²) in [4.78, 5) is 24.9. The number of hydrogen-bond donors (Lipinski definition) is 2. The summed E-state index contributed by atoms with van der Waals surface area (Å²) in [6, 6.07) is 4.08. The van der Waals surface area contributed by atoms with Crippen molar-refractivity contribution in [1.29, 1.82) is 0 Å². The van der Waals surface area contributed by atoms with Crippen LogP contribution in [0.4, 0.5) is 0 Å². The monoisotopic (exact) mass is 286 g/mol. The van der Waals surface area contributed by atoms with Gasteiger partial charge in [0, 0.05) is 11.4 Å². The fourth-order valence-corrected chi connectivity index (χ4v) is 2.43. The zero-order valence-corrected chi connectivity index (χ0v) is 11.8. The molecule has 1 aromatic rings. The van der Waals surface area contributed by atoms with Crippen LogP contribution >= 0.6 is 11.3 Å². The second kappa shape index (κ2) is 7.88.